The van der Waals surface area contributed by atoms with Gasteiger partial charge in [-0.25, -0.2) is 9.97 Å². The van der Waals surface area contributed by atoms with E-state index in [0.29, 0.717) is 33.6 Å². The van der Waals surface area contributed by atoms with Crippen LogP contribution in [0.4, 0.5) is 17.3 Å². The fourth-order valence-electron chi connectivity index (χ4n) is 4.33. The number of nitrogens with zero attached hydrogens (tertiary/aromatic N) is 3. The largest absolute Gasteiger partial charge is 0.381 e. The van der Waals surface area contributed by atoms with Gasteiger partial charge in [-0.2, -0.15) is 0 Å². The highest BCUT2D eigenvalue weighted by atomic mass is 32.2. The van der Waals surface area contributed by atoms with E-state index in [1.807, 2.05) is 0 Å². The standard InChI is InChI=1S/C20H22N6O3S/c21-13-9-29-10-20(13)4-6-26(7-5-20)14-8-23-19(17(22)25-14)30-12-3-1-2-11-15(12)16(27)18(28)24-11/h1-3,8,13H,4-7,9-10,21H2,(H2,22,25)(H,24,27,28). The van der Waals surface area contributed by atoms with Crippen molar-refractivity contribution < 1.29 is 14.3 Å². The number of hydrogen-bond donors (Lipinski definition) is 3. The smallest absolute Gasteiger partial charge is 0.296 e. The Balaban J connectivity index is 1.33. The van der Waals surface area contributed by atoms with E-state index in [4.69, 9.17) is 16.2 Å². The molecule has 3 aliphatic rings. The molecular weight excluding hydrogens is 404 g/mol. The summed E-state index contributed by atoms with van der Waals surface area (Å²) in [5.74, 6) is -0.151. The van der Waals surface area contributed by atoms with Crippen molar-refractivity contribution in [3.05, 3.63) is 30.0 Å². The summed E-state index contributed by atoms with van der Waals surface area (Å²) in [6.45, 7) is 3.01. The minimum Gasteiger partial charge on any atom is -0.381 e. The van der Waals surface area contributed by atoms with Crippen molar-refractivity contribution in [2.45, 2.75) is 28.8 Å². The van der Waals surface area contributed by atoms with Crippen LogP contribution in [0.5, 0.6) is 0 Å². The highest BCUT2D eigenvalue weighted by Crippen LogP contribution is 2.40. The molecule has 10 heteroatoms. The van der Waals surface area contributed by atoms with Crippen molar-refractivity contribution in [1.82, 2.24) is 9.97 Å². The predicted octanol–water partition coefficient (Wildman–Crippen LogP) is 1.29. The molecule has 5 rings (SSSR count). The number of hydrogen-bond acceptors (Lipinski definition) is 9. The summed E-state index contributed by atoms with van der Waals surface area (Å²) in [5.41, 5.74) is 13.4. The van der Waals surface area contributed by atoms with Gasteiger partial charge in [0.25, 0.3) is 11.7 Å². The van der Waals surface area contributed by atoms with E-state index in [1.165, 1.54) is 11.8 Å². The number of aromatic nitrogens is 2. The second-order valence-corrected chi connectivity index (χ2v) is 8.98. The molecule has 1 aromatic carbocycles. The lowest BCUT2D eigenvalue weighted by atomic mass is 9.75. The average molecular weight is 427 g/mol. The minimum atomic E-state index is -0.622. The average Bonchev–Trinajstić information content (AvgIpc) is 3.24. The molecule has 1 amide bonds. The van der Waals surface area contributed by atoms with Gasteiger partial charge in [0, 0.05) is 29.4 Å². The van der Waals surface area contributed by atoms with Crippen molar-refractivity contribution in [3.8, 4) is 0 Å². The van der Waals surface area contributed by atoms with Gasteiger partial charge < -0.3 is 26.4 Å². The van der Waals surface area contributed by atoms with E-state index < -0.39 is 11.7 Å². The van der Waals surface area contributed by atoms with Crippen LogP contribution in [0.3, 0.4) is 0 Å². The fraction of sp³-hybridized carbons (Fsp3) is 0.400. The Labute approximate surface area is 177 Å². The van der Waals surface area contributed by atoms with Gasteiger partial charge >= 0.3 is 0 Å². The van der Waals surface area contributed by atoms with E-state index in [2.05, 4.69) is 20.2 Å². The summed E-state index contributed by atoms with van der Waals surface area (Å²) in [6.07, 6.45) is 3.60. The number of nitrogens with one attached hydrogen (secondary N) is 1. The summed E-state index contributed by atoms with van der Waals surface area (Å²) in [4.78, 5) is 35.7. The lowest BCUT2D eigenvalue weighted by Gasteiger charge is -2.41. The molecule has 0 saturated carbocycles. The van der Waals surface area contributed by atoms with Gasteiger partial charge in [0.1, 0.15) is 10.8 Å². The Bertz CT molecular complexity index is 1040. The van der Waals surface area contributed by atoms with E-state index in [1.54, 1.807) is 24.4 Å². The Morgan fingerprint density at radius 2 is 2.07 bits per heavy atom. The van der Waals surface area contributed by atoms with Crippen molar-refractivity contribution in [2.75, 3.05) is 42.3 Å². The Morgan fingerprint density at radius 1 is 1.27 bits per heavy atom. The number of fused-ring (bicyclic) bond motifs is 1. The number of nitrogens with two attached hydrogens (primary N) is 2. The number of ketones is 1. The van der Waals surface area contributed by atoms with E-state index in [-0.39, 0.29) is 11.5 Å². The van der Waals surface area contributed by atoms with Crippen LogP contribution in [0.15, 0.2) is 34.3 Å². The number of carbonyl (C=O) groups excluding carboxylic acids is 2. The second kappa shape index (κ2) is 7.22. The van der Waals surface area contributed by atoms with Crippen LogP contribution in [0.1, 0.15) is 23.2 Å². The first-order valence-electron chi connectivity index (χ1n) is 9.84. The Kier molecular flexibility index (Phi) is 4.64. The maximum absolute atomic E-state index is 12.2. The molecule has 0 aliphatic carbocycles. The van der Waals surface area contributed by atoms with Gasteiger partial charge in [-0.05, 0) is 25.0 Å². The zero-order chi connectivity index (χ0) is 20.9. The molecule has 0 bridgehead atoms. The third-order valence-electron chi connectivity index (χ3n) is 6.22. The third-order valence-corrected chi connectivity index (χ3v) is 7.29. The summed E-state index contributed by atoms with van der Waals surface area (Å²) < 4.78 is 5.58. The predicted molar refractivity (Wildman–Crippen MR) is 113 cm³/mol. The highest BCUT2D eigenvalue weighted by molar-refractivity contribution is 7.99. The van der Waals surface area contributed by atoms with Gasteiger partial charge in [-0.1, -0.05) is 17.8 Å². The number of piperidine rings is 1. The van der Waals surface area contributed by atoms with Crippen LogP contribution in [0, 0.1) is 5.41 Å². The van der Waals surface area contributed by atoms with E-state index in [9.17, 15) is 9.59 Å². The van der Waals surface area contributed by atoms with Gasteiger partial charge in [-0.3, -0.25) is 9.59 Å². The summed E-state index contributed by atoms with van der Waals surface area (Å²) in [6, 6.07) is 5.34. The molecule has 1 unspecified atom stereocenters. The number of amides is 1. The van der Waals surface area contributed by atoms with Gasteiger partial charge in [-0.15, -0.1) is 0 Å². The first-order chi connectivity index (χ1) is 14.5. The molecule has 9 nitrogen and oxygen atoms in total. The number of carbonyl (C=O) groups is 2. The molecule has 3 aliphatic heterocycles. The van der Waals surface area contributed by atoms with Crippen LogP contribution >= 0.6 is 11.8 Å². The van der Waals surface area contributed by atoms with Crippen LogP contribution < -0.4 is 21.7 Å². The first kappa shape index (κ1) is 19.3. The van der Waals surface area contributed by atoms with Gasteiger partial charge in [0.2, 0.25) is 0 Å². The number of nitrogen functional groups attached to an aromatic ring is 1. The molecule has 156 valence electrons. The quantitative estimate of drug-likeness (QED) is 0.620. The molecule has 1 aromatic heterocycles. The van der Waals surface area contributed by atoms with Gasteiger partial charge in [0.15, 0.2) is 5.82 Å². The Hall–Kier alpha value is -2.69. The number of rotatable bonds is 3. The SMILES string of the molecule is Nc1nc(N2CCC3(CC2)COCC3N)cnc1Sc1cccc2c1C(=O)C(=O)N2. The molecule has 0 radical (unpaired) electrons. The normalized spacial score (nSPS) is 22.4. The molecule has 2 saturated heterocycles. The first-order valence-corrected chi connectivity index (χ1v) is 10.7. The zero-order valence-corrected chi connectivity index (χ0v) is 17.1. The van der Waals surface area contributed by atoms with Crippen LogP contribution in [-0.4, -0.2) is 54.0 Å². The summed E-state index contributed by atoms with van der Waals surface area (Å²) in [5, 5.41) is 3.07. The van der Waals surface area contributed by atoms with Crippen LogP contribution in [-0.2, 0) is 9.53 Å². The van der Waals surface area contributed by atoms with Crippen molar-refractivity contribution >= 4 is 40.8 Å². The number of anilines is 3. The zero-order valence-electron chi connectivity index (χ0n) is 16.3. The molecule has 2 fully saturated rings. The molecule has 5 N–H and O–H groups in total. The lowest BCUT2D eigenvalue weighted by molar-refractivity contribution is -0.112. The molecular formula is C20H22N6O3S. The van der Waals surface area contributed by atoms with E-state index in [0.717, 1.165) is 38.4 Å². The highest BCUT2D eigenvalue weighted by Gasteiger charge is 2.44. The van der Waals surface area contributed by atoms with Crippen LogP contribution in [0.25, 0.3) is 0 Å². The van der Waals surface area contributed by atoms with Crippen molar-refractivity contribution in [2.24, 2.45) is 11.1 Å². The summed E-state index contributed by atoms with van der Waals surface area (Å²) >= 11 is 1.23. The Morgan fingerprint density at radius 3 is 2.77 bits per heavy atom. The van der Waals surface area contributed by atoms with E-state index >= 15 is 0 Å². The molecule has 30 heavy (non-hydrogen) atoms. The molecule has 2 aromatic rings. The second-order valence-electron chi connectivity index (χ2n) is 7.95. The molecule has 4 heterocycles. The molecule has 1 atom stereocenters. The number of ether oxygens (including phenoxy) is 1. The number of Topliss-reactive ketones (excluding diaryl/α,β-unsaturated/α-hetero) is 1. The lowest BCUT2D eigenvalue weighted by Crippen LogP contribution is -2.49. The maximum Gasteiger partial charge on any atom is 0.296 e. The number of benzene rings is 1. The molecule has 1 spiro atoms. The summed E-state index contributed by atoms with van der Waals surface area (Å²) in [7, 11) is 0. The minimum absolute atomic E-state index is 0.0664. The third kappa shape index (κ3) is 3.11. The topological polar surface area (TPSA) is 136 Å². The van der Waals surface area contributed by atoms with Crippen LogP contribution in [0.2, 0.25) is 0 Å². The maximum atomic E-state index is 12.2. The van der Waals surface area contributed by atoms with Gasteiger partial charge in [0.05, 0.1) is 30.7 Å². The monoisotopic (exact) mass is 426 g/mol. The van der Waals surface area contributed by atoms with Crippen molar-refractivity contribution in [1.29, 1.82) is 0 Å². The fourth-order valence-corrected chi connectivity index (χ4v) is 5.25. The van der Waals surface area contributed by atoms with Crippen molar-refractivity contribution in [3.63, 3.8) is 0 Å².